The summed E-state index contributed by atoms with van der Waals surface area (Å²) in [5.74, 6) is 0.496. The van der Waals surface area contributed by atoms with Gasteiger partial charge < -0.3 is 10.1 Å². The lowest BCUT2D eigenvalue weighted by molar-refractivity contribution is -0.117. The van der Waals surface area contributed by atoms with Gasteiger partial charge in [0.05, 0.1) is 19.4 Å². The van der Waals surface area contributed by atoms with E-state index in [0.29, 0.717) is 5.69 Å². The van der Waals surface area contributed by atoms with E-state index in [1.165, 1.54) is 6.08 Å². The molecule has 2 aromatic carbocycles. The summed E-state index contributed by atoms with van der Waals surface area (Å²) < 4.78 is 30.1. The summed E-state index contributed by atoms with van der Waals surface area (Å²) in [4.78, 5) is 12.2. The minimum atomic E-state index is -3.31. The maximum atomic E-state index is 12.2. The van der Waals surface area contributed by atoms with Gasteiger partial charge in [0.1, 0.15) is 5.75 Å². The number of amides is 1. The molecule has 0 bridgehead atoms. The fraction of sp³-hybridized carbons (Fsp3) is 0.250. The minimum absolute atomic E-state index is 0.210. The number of carbonyl (C=O) groups excluding carboxylic acids is 1. The monoisotopic (exact) mass is 388 g/mol. The molecule has 144 valence electrons. The predicted molar refractivity (Wildman–Crippen MR) is 108 cm³/mol. The number of benzene rings is 2. The molecule has 0 saturated carbocycles. The lowest BCUT2D eigenvalue weighted by Gasteiger charge is -2.17. The lowest BCUT2D eigenvalue weighted by atomic mass is 10.0. The predicted octanol–water partition coefficient (Wildman–Crippen LogP) is 3.27. The first-order valence-corrected chi connectivity index (χ1v) is 10.3. The van der Waals surface area contributed by atoms with Crippen LogP contribution in [0.2, 0.25) is 0 Å². The minimum Gasteiger partial charge on any atom is -0.496 e. The van der Waals surface area contributed by atoms with E-state index in [1.54, 1.807) is 37.5 Å². The summed E-state index contributed by atoms with van der Waals surface area (Å²) in [5.41, 5.74) is 3.25. The standard InChI is InChI=1S/C20H24N2O4S/c1-14-5-11-19(26-3)18(13-14)15(2)21-20(23)12-8-16-6-9-17(10-7-16)22-27(4,24)25/h5-13,15,22H,1-4H3,(H,21,23)/b12-8+/t15-/m1/s1. The molecule has 7 heteroatoms. The fourth-order valence-electron chi connectivity index (χ4n) is 2.58. The van der Waals surface area contributed by atoms with Crippen LogP contribution in [0.15, 0.2) is 48.5 Å². The molecule has 0 unspecified atom stereocenters. The molecule has 0 saturated heterocycles. The third-order valence-corrected chi connectivity index (χ3v) is 4.46. The van der Waals surface area contributed by atoms with Gasteiger partial charge in [0.15, 0.2) is 0 Å². The third-order valence-electron chi connectivity index (χ3n) is 3.85. The van der Waals surface area contributed by atoms with Gasteiger partial charge in [-0.25, -0.2) is 8.42 Å². The molecule has 0 aliphatic carbocycles. The van der Waals surface area contributed by atoms with Crippen molar-refractivity contribution in [2.75, 3.05) is 18.1 Å². The second-order valence-corrected chi connectivity index (χ2v) is 8.05. The first-order chi connectivity index (χ1) is 12.7. The summed E-state index contributed by atoms with van der Waals surface area (Å²) >= 11 is 0. The first kappa shape index (κ1) is 20.5. The molecule has 0 radical (unpaired) electrons. The normalized spacial score (nSPS) is 12.6. The number of ether oxygens (including phenoxy) is 1. The number of anilines is 1. The second-order valence-electron chi connectivity index (χ2n) is 6.31. The van der Waals surface area contributed by atoms with Crippen molar-refractivity contribution in [3.05, 3.63) is 65.2 Å². The zero-order valence-electron chi connectivity index (χ0n) is 15.8. The van der Waals surface area contributed by atoms with E-state index in [0.717, 1.165) is 28.7 Å². The Kier molecular flexibility index (Phi) is 6.63. The van der Waals surface area contributed by atoms with E-state index in [4.69, 9.17) is 4.74 Å². The van der Waals surface area contributed by atoms with Crippen LogP contribution >= 0.6 is 0 Å². The molecule has 0 spiro atoms. The number of hydrogen-bond acceptors (Lipinski definition) is 4. The average molecular weight is 388 g/mol. The van der Waals surface area contributed by atoms with Crippen LogP contribution in [0.4, 0.5) is 5.69 Å². The number of aryl methyl sites for hydroxylation is 1. The Balaban J connectivity index is 2.02. The molecular formula is C20H24N2O4S. The number of carbonyl (C=O) groups is 1. The lowest BCUT2D eigenvalue weighted by Crippen LogP contribution is -2.25. The van der Waals surface area contributed by atoms with Crippen LogP contribution in [0.5, 0.6) is 5.75 Å². The van der Waals surface area contributed by atoms with Crippen molar-refractivity contribution >= 4 is 27.7 Å². The van der Waals surface area contributed by atoms with Crippen LogP contribution in [-0.2, 0) is 14.8 Å². The van der Waals surface area contributed by atoms with E-state index in [1.807, 2.05) is 32.0 Å². The Bertz CT molecular complexity index is 935. The zero-order chi connectivity index (χ0) is 20.0. The molecule has 1 atom stereocenters. The highest BCUT2D eigenvalue weighted by molar-refractivity contribution is 7.92. The van der Waals surface area contributed by atoms with Crippen molar-refractivity contribution in [3.8, 4) is 5.75 Å². The van der Waals surface area contributed by atoms with Gasteiger partial charge in [0, 0.05) is 17.3 Å². The van der Waals surface area contributed by atoms with Gasteiger partial charge in [0.2, 0.25) is 15.9 Å². The van der Waals surface area contributed by atoms with Crippen LogP contribution in [0.3, 0.4) is 0 Å². The second kappa shape index (κ2) is 8.73. The maximum Gasteiger partial charge on any atom is 0.244 e. The average Bonchev–Trinajstić information content (AvgIpc) is 2.59. The molecule has 2 N–H and O–H groups in total. The Morgan fingerprint density at radius 1 is 1.15 bits per heavy atom. The summed E-state index contributed by atoms with van der Waals surface area (Å²) in [5, 5.41) is 2.91. The zero-order valence-corrected chi connectivity index (χ0v) is 16.6. The summed E-state index contributed by atoms with van der Waals surface area (Å²) in [6.45, 7) is 3.88. The van der Waals surface area contributed by atoms with Crippen molar-refractivity contribution in [2.45, 2.75) is 19.9 Å². The SMILES string of the molecule is COc1ccc(C)cc1[C@@H](C)NC(=O)/C=C/c1ccc(NS(C)(=O)=O)cc1. The Labute approximate surface area is 160 Å². The van der Waals surface area contributed by atoms with Crippen molar-refractivity contribution in [1.29, 1.82) is 0 Å². The van der Waals surface area contributed by atoms with Crippen molar-refractivity contribution in [2.24, 2.45) is 0 Å². The highest BCUT2D eigenvalue weighted by Crippen LogP contribution is 2.26. The van der Waals surface area contributed by atoms with Crippen LogP contribution < -0.4 is 14.8 Å². The highest BCUT2D eigenvalue weighted by Gasteiger charge is 2.13. The molecule has 6 nitrogen and oxygen atoms in total. The van der Waals surface area contributed by atoms with Gasteiger partial charge in [-0.05, 0) is 43.7 Å². The van der Waals surface area contributed by atoms with Gasteiger partial charge in [-0.3, -0.25) is 9.52 Å². The molecule has 0 aliphatic rings. The molecule has 1 amide bonds. The Morgan fingerprint density at radius 3 is 2.41 bits per heavy atom. The van der Waals surface area contributed by atoms with Gasteiger partial charge in [-0.2, -0.15) is 0 Å². The van der Waals surface area contributed by atoms with E-state index < -0.39 is 10.0 Å². The number of methoxy groups -OCH3 is 1. The van der Waals surface area contributed by atoms with E-state index >= 15 is 0 Å². The van der Waals surface area contributed by atoms with Crippen molar-refractivity contribution < 1.29 is 17.9 Å². The number of nitrogens with one attached hydrogen (secondary N) is 2. The molecule has 2 aromatic rings. The molecular weight excluding hydrogens is 364 g/mol. The molecule has 0 aliphatic heterocycles. The number of sulfonamides is 1. The smallest absolute Gasteiger partial charge is 0.244 e. The van der Waals surface area contributed by atoms with E-state index in [2.05, 4.69) is 10.0 Å². The number of hydrogen-bond donors (Lipinski definition) is 2. The molecule has 0 fully saturated rings. The van der Waals surface area contributed by atoms with E-state index in [9.17, 15) is 13.2 Å². The molecule has 0 aromatic heterocycles. The number of rotatable bonds is 7. The van der Waals surface area contributed by atoms with Crippen LogP contribution in [-0.4, -0.2) is 27.7 Å². The Hall–Kier alpha value is -2.80. The maximum absolute atomic E-state index is 12.2. The molecule has 2 rings (SSSR count). The first-order valence-electron chi connectivity index (χ1n) is 8.39. The van der Waals surface area contributed by atoms with Crippen molar-refractivity contribution in [1.82, 2.24) is 5.32 Å². The molecule has 27 heavy (non-hydrogen) atoms. The largest absolute Gasteiger partial charge is 0.496 e. The van der Waals surface area contributed by atoms with Crippen LogP contribution in [0.1, 0.15) is 29.7 Å². The van der Waals surface area contributed by atoms with E-state index in [-0.39, 0.29) is 11.9 Å². The summed E-state index contributed by atoms with van der Waals surface area (Å²) in [7, 11) is -1.70. The summed E-state index contributed by atoms with van der Waals surface area (Å²) in [6, 6.07) is 12.3. The fourth-order valence-corrected chi connectivity index (χ4v) is 3.14. The topological polar surface area (TPSA) is 84.5 Å². The van der Waals surface area contributed by atoms with Crippen LogP contribution in [0.25, 0.3) is 6.08 Å². The van der Waals surface area contributed by atoms with Gasteiger partial charge >= 0.3 is 0 Å². The highest BCUT2D eigenvalue weighted by atomic mass is 32.2. The third kappa shape index (κ3) is 6.45. The molecule has 0 heterocycles. The van der Waals surface area contributed by atoms with Gasteiger partial charge in [-0.1, -0.05) is 29.8 Å². The Morgan fingerprint density at radius 2 is 1.81 bits per heavy atom. The van der Waals surface area contributed by atoms with Gasteiger partial charge in [0.25, 0.3) is 0 Å². The summed E-state index contributed by atoms with van der Waals surface area (Å²) in [6.07, 6.45) is 4.20. The van der Waals surface area contributed by atoms with Gasteiger partial charge in [-0.15, -0.1) is 0 Å². The van der Waals surface area contributed by atoms with Crippen LogP contribution in [0, 0.1) is 6.92 Å². The van der Waals surface area contributed by atoms with Crippen molar-refractivity contribution in [3.63, 3.8) is 0 Å². The quantitative estimate of drug-likeness (QED) is 0.713.